The molecule has 1 aromatic rings. The van der Waals surface area contributed by atoms with Crippen LogP contribution in [-0.2, 0) is 6.54 Å². The van der Waals surface area contributed by atoms with Crippen LogP contribution in [0.25, 0.3) is 0 Å². The molecular formula is C11H18N4O. The van der Waals surface area contributed by atoms with Gasteiger partial charge in [-0.2, -0.15) is 0 Å². The Hall–Kier alpha value is -1.10. The van der Waals surface area contributed by atoms with E-state index < -0.39 is 0 Å². The second kappa shape index (κ2) is 3.45. The Kier molecular flexibility index (Phi) is 2.17. The normalized spacial score (nSPS) is 26.8. The lowest BCUT2D eigenvalue weighted by Gasteiger charge is -2.02. The van der Waals surface area contributed by atoms with Gasteiger partial charge < -0.3 is 15.1 Å². The van der Waals surface area contributed by atoms with Crippen LogP contribution in [0.2, 0.25) is 0 Å². The van der Waals surface area contributed by atoms with E-state index in [9.17, 15) is 0 Å². The minimum atomic E-state index is 0.376. The second-order valence-electron chi connectivity index (χ2n) is 5.55. The van der Waals surface area contributed by atoms with Gasteiger partial charge in [0.2, 0.25) is 5.89 Å². The van der Waals surface area contributed by atoms with E-state index in [1.165, 1.54) is 19.3 Å². The molecule has 0 saturated heterocycles. The van der Waals surface area contributed by atoms with Gasteiger partial charge in [0.05, 0.1) is 6.54 Å². The number of hydrogen-bond donors (Lipinski definition) is 2. The van der Waals surface area contributed by atoms with Crippen LogP contribution in [0.5, 0.6) is 0 Å². The first kappa shape index (κ1) is 10.1. The molecule has 2 aliphatic rings. The van der Waals surface area contributed by atoms with Gasteiger partial charge in [-0.25, -0.2) is 0 Å². The predicted octanol–water partition coefficient (Wildman–Crippen LogP) is 1.53. The summed E-state index contributed by atoms with van der Waals surface area (Å²) in [6.07, 6.45) is 3.72. The third kappa shape index (κ3) is 2.19. The van der Waals surface area contributed by atoms with Crippen molar-refractivity contribution >= 4 is 6.01 Å². The monoisotopic (exact) mass is 222 g/mol. The van der Waals surface area contributed by atoms with Gasteiger partial charge in [-0.1, -0.05) is 18.9 Å². The van der Waals surface area contributed by atoms with E-state index in [2.05, 4.69) is 34.7 Å². The van der Waals surface area contributed by atoms with Crippen molar-refractivity contribution in [3.8, 4) is 0 Å². The van der Waals surface area contributed by atoms with E-state index in [1.807, 2.05) is 0 Å². The zero-order valence-corrected chi connectivity index (χ0v) is 9.79. The Balaban J connectivity index is 1.51. The van der Waals surface area contributed by atoms with Crippen molar-refractivity contribution in [3.05, 3.63) is 5.89 Å². The first-order valence-electron chi connectivity index (χ1n) is 5.96. The molecule has 0 aromatic carbocycles. The van der Waals surface area contributed by atoms with E-state index in [0.717, 1.165) is 0 Å². The van der Waals surface area contributed by atoms with Gasteiger partial charge in [-0.3, -0.25) is 0 Å². The van der Waals surface area contributed by atoms with E-state index >= 15 is 0 Å². The number of anilines is 1. The summed E-state index contributed by atoms with van der Waals surface area (Å²) in [4.78, 5) is 0. The lowest BCUT2D eigenvalue weighted by atomic mass is 10.2. The van der Waals surface area contributed by atoms with Crippen molar-refractivity contribution in [2.24, 2.45) is 5.41 Å². The fraction of sp³-hybridized carbons (Fsp3) is 0.818. The maximum absolute atomic E-state index is 5.51. The standard InChI is InChI=1S/C11H18N4O/c1-11(2)5-8(11)13-10-15-14-9(16-10)6-12-7-3-4-7/h7-8,12H,3-6H2,1-2H3,(H,13,15). The number of nitrogens with zero attached hydrogens (tertiary/aromatic N) is 2. The molecule has 0 spiro atoms. The van der Waals surface area contributed by atoms with Gasteiger partial charge in [0.15, 0.2) is 0 Å². The number of aromatic nitrogens is 2. The van der Waals surface area contributed by atoms with Crippen LogP contribution in [-0.4, -0.2) is 22.3 Å². The van der Waals surface area contributed by atoms with Gasteiger partial charge in [0.25, 0.3) is 0 Å². The first-order valence-corrected chi connectivity index (χ1v) is 5.96. The lowest BCUT2D eigenvalue weighted by molar-refractivity contribution is 0.473. The van der Waals surface area contributed by atoms with Crippen molar-refractivity contribution in [2.75, 3.05) is 5.32 Å². The minimum absolute atomic E-state index is 0.376. The number of nitrogens with one attached hydrogen (secondary N) is 2. The summed E-state index contributed by atoms with van der Waals surface area (Å²) in [5.41, 5.74) is 0.376. The smallest absolute Gasteiger partial charge is 0.315 e. The van der Waals surface area contributed by atoms with Crippen LogP contribution in [0.3, 0.4) is 0 Å². The Labute approximate surface area is 95.0 Å². The van der Waals surface area contributed by atoms with Gasteiger partial charge in [-0.05, 0) is 24.7 Å². The highest BCUT2D eigenvalue weighted by Crippen LogP contribution is 2.46. The Morgan fingerprint density at radius 1 is 1.38 bits per heavy atom. The van der Waals surface area contributed by atoms with Crippen LogP contribution in [0, 0.1) is 5.41 Å². The number of hydrogen-bond acceptors (Lipinski definition) is 5. The van der Waals surface area contributed by atoms with Crippen molar-refractivity contribution in [3.63, 3.8) is 0 Å². The molecule has 1 unspecified atom stereocenters. The van der Waals surface area contributed by atoms with Crippen LogP contribution in [0.15, 0.2) is 4.42 Å². The largest absolute Gasteiger partial charge is 0.407 e. The molecule has 2 saturated carbocycles. The molecule has 3 rings (SSSR count). The molecule has 1 atom stereocenters. The summed E-state index contributed by atoms with van der Waals surface area (Å²) in [6.45, 7) is 5.15. The third-order valence-electron chi connectivity index (χ3n) is 3.40. The van der Waals surface area contributed by atoms with Gasteiger partial charge in [0.1, 0.15) is 0 Å². The fourth-order valence-corrected chi connectivity index (χ4v) is 1.77. The van der Waals surface area contributed by atoms with Crippen LogP contribution >= 0.6 is 0 Å². The van der Waals surface area contributed by atoms with Gasteiger partial charge in [0, 0.05) is 12.1 Å². The summed E-state index contributed by atoms with van der Waals surface area (Å²) >= 11 is 0. The Morgan fingerprint density at radius 2 is 2.12 bits per heavy atom. The molecule has 1 aromatic heterocycles. The predicted molar refractivity (Wildman–Crippen MR) is 60.0 cm³/mol. The molecule has 2 aliphatic carbocycles. The summed E-state index contributed by atoms with van der Waals surface area (Å²) in [5, 5.41) is 14.6. The average Bonchev–Trinajstić information content (AvgIpc) is 3.09. The molecule has 2 fully saturated rings. The number of rotatable bonds is 5. The quantitative estimate of drug-likeness (QED) is 0.791. The summed E-state index contributed by atoms with van der Waals surface area (Å²) < 4.78 is 5.51. The molecular weight excluding hydrogens is 204 g/mol. The highest BCUT2D eigenvalue weighted by Gasteiger charge is 2.46. The first-order chi connectivity index (χ1) is 7.63. The molecule has 0 amide bonds. The second-order valence-corrected chi connectivity index (χ2v) is 5.55. The van der Waals surface area contributed by atoms with E-state index in [4.69, 9.17) is 4.42 Å². The zero-order chi connectivity index (χ0) is 11.2. The minimum Gasteiger partial charge on any atom is -0.407 e. The topological polar surface area (TPSA) is 63.0 Å². The molecule has 2 N–H and O–H groups in total. The van der Waals surface area contributed by atoms with Gasteiger partial charge in [-0.15, -0.1) is 5.10 Å². The van der Waals surface area contributed by atoms with E-state index in [0.29, 0.717) is 35.9 Å². The van der Waals surface area contributed by atoms with Crippen molar-refractivity contribution in [2.45, 2.75) is 51.7 Å². The summed E-state index contributed by atoms with van der Waals surface area (Å²) in [6, 6.07) is 1.71. The third-order valence-corrected chi connectivity index (χ3v) is 3.40. The maximum Gasteiger partial charge on any atom is 0.315 e. The van der Waals surface area contributed by atoms with Crippen molar-refractivity contribution in [1.82, 2.24) is 15.5 Å². The molecule has 0 aliphatic heterocycles. The van der Waals surface area contributed by atoms with Crippen molar-refractivity contribution in [1.29, 1.82) is 0 Å². The lowest BCUT2D eigenvalue weighted by Crippen LogP contribution is -2.15. The molecule has 0 bridgehead atoms. The zero-order valence-electron chi connectivity index (χ0n) is 9.79. The molecule has 0 radical (unpaired) electrons. The Bertz CT molecular complexity index is 383. The molecule has 5 nitrogen and oxygen atoms in total. The molecule has 88 valence electrons. The average molecular weight is 222 g/mol. The molecule has 16 heavy (non-hydrogen) atoms. The van der Waals surface area contributed by atoms with Crippen molar-refractivity contribution < 1.29 is 4.42 Å². The van der Waals surface area contributed by atoms with Crippen LogP contribution in [0.4, 0.5) is 6.01 Å². The molecule has 5 heteroatoms. The highest BCUT2D eigenvalue weighted by molar-refractivity contribution is 5.26. The highest BCUT2D eigenvalue weighted by atomic mass is 16.4. The van der Waals surface area contributed by atoms with Crippen LogP contribution in [0.1, 0.15) is 39.0 Å². The van der Waals surface area contributed by atoms with E-state index in [-0.39, 0.29) is 0 Å². The molecule has 1 heterocycles. The van der Waals surface area contributed by atoms with Crippen LogP contribution < -0.4 is 10.6 Å². The van der Waals surface area contributed by atoms with Gasteiger partial charge >= 0.3 is 6.01 Å². The Morgan fingerprint density at radius 3 is 2.75 bits per heavy atom. The SMILES string of the molecule is CC1(C)CC1Nc1nnc(CNC2CC2)o1. The maximum atomic E-state index is 5.51. The van der Waals surface area contributed by atoms with E-state index in [1.54, 1.807) is 0 Å². The fourth-order valence-electron chi connectivity index (χ4n) is 1.77. The summed E-state index contributed by atoms with van der Waals surface area (Å²) in [7, 11) is 0. The summed E-state index contributed by atoms with van der Waals surface area (Å²) in [5.74, 6) is 0.674.